The normalized spacial score (nSPS) is 19.5. The van der Waals surface area contributed by atoms with Crippen molar-refractivity contribution in [2.75, 3.05) is 0 Å². The van der Waals surface area contributed by atoms with Gasteiger partial charge in [-0.3, -0.25) is 19.9 Å². The number of fused-ring (bicyclic) bond motifs is 1. The molecule has 2 amide bonds. The van der Waals surface area contributed by atoms with Crippen molar-refractivity contribution in [2.24, 2.45) is 0 Å². The lowest BCUT2D eigenvalue weighted by molar-refractivity contribution is -0.134. The van der Waals surface area contributed by atoms with Gasteiger partial charge in [-0.1, -0.05) is 15.9 Å². The second-order valence-corrected chi connectivity index (χ2v) is 5.51. The summed E-state index contributed by atoms with van der Waals surface area (Å²) in [6.45, 7) is 0. The molecule has 0 spiro atoms. The number of halogens is 1. The third-order valence-corrected chi connectivity index (χ3v) is 3.83. The lowest BCUT2D eigenvalue weighted by Crippen LogP contribution is -2.39. The van der Waals surface area contributed by atoms with Crippen LogP contribution in [0.4, 0.5) is 0 Å². The van der Waals surface area contributed by atoms with Crippen molar-refractivity contribution in [2.45, 2.75) is 18.8 Å². The van der Waals surface area contributed by atoms with Gasteiger partial charge in [0.25, 0.3) is 0 Å². The molecule has 1 unspecified atom stereocenters. The summed E-state index contributed by atoms with van der Waals surface area (Å²) in [6, 6.07) is 5.84. The molecule has 1 aromatic carbocycles. The number of aromatic nitrogens is 1. The van der Waals surface area contributed by atoms with Crippen LogP contribution in [0.2, 0.25) is 0 Å². The maximum atomic E-state index is 12.0. The van der Waals surface area contributed by atoms with Crippen LogP contribution in [0.25, 0.3) is 10.8 Å². The Balaban J connectivity index is 2.14. The molecule has 2 heterocycles. The molecule has 1 N–H and O–H groups in total. The molecule has 1 aromatic heterocycles. The van der Waals surface area contributed by atoms with Crippen molar-refractivity contribution < 1.29 is 9.59 Å². The van der Waals surface area contributed by atoms with Gasteiger partial charge in [0.2, 0.25) is 11.8 Å². The summed E-state index contributed by atoms with van der Waals surface area (Å²) < 4.78 is 0.922. The first-order valence-electron chi connectivity index (χ1n) is 6.02. The molecule has 1 aliphatic rings. The number of piperidine rings is 1. The third kappa shape index (κ3) is 2.26. The van der Waals surface area contributed by atoms with Crippen molar-refractivity contribution in [1.82, 2.24) is 10.3 Å². The quantitative estimate of drug-likeness (QED) is 0.822. The van der Waals surface area contributed by atoms with E-state index in [-0.39, 0.29) is 17.7 Å². The van der Waals surface area contributed by atoms with E-state index >= 15 is 0 Å². The Morgan fingerprint density at radius 2 is 2.16 bits per heavy atom. The van der Waals surface area contributed by atoms with Gasteiger partial charge < -0.3 is 0 Å². The van der Waals surface area contributed by atoms with Crippen molar-refractivity contribution in [1.29, 1.82) is 0 Å². The zero-order valence-corrected chi connectivity index (χ0v) is 11.6. The van der Waals surface area contributed by atoms with E-state index in [1.807, 2.05) is 18.2 Å². The number of benzene rings is 1. The number of hydrogen-bond donors (Lipinski definition) is 1. The number of nitrogens with zero attached hydrogens (tertiary/aromatic N) is 1. The molecular weight excluding hydrogens is 308 g/mol. The average Bonchev–Trinajstić information content (AvgIpc) is 2.38. The Morgan fingerprint density at radius 3 is 2.95 bits per heavy atom. The van der Waals surface area contributed by atoms with Gasteiger partial charge in [0.05, 0.1) is 5.92 Å². The summed E-state index contributed by atoms with van der Waals surface area (Å²) in [6.07, 6.45) is 4.42. The van der Waals surface area contributed by atoms with Gasteiger partial charge in [-0.2, -0.15) is 0 Å². The molecular formula is C14H11BrN2O2. The monoisotopic (exact) mass is 318 g/mol. The van der Waals surface area contributed by atoms with Crippen LogP contribution in [0.1, 0.15) is 24.3 Å². The maximum absolute atomic E-state index is 12.0. The molecule has 5 heteroatoms. The SMILES string of the molecule is O=C1CCC(c2cc(Br)cc3ccncc23)C(=O)N1. The van der Waals surface area contributed by atoms with Crippen LogP contribution in [-0.4, -0.2) is 16.8 Å². The second-order valence-electron chi connectivity index (χ2n) is 4.60. The van der Waals surface area contributed by atoms with Crippen LogP contribution in [0.5, 0.6) is 0 Å². The smallest absolute Gasteiger partial charge is 0.234 e. The molecule has 1 atom stereocenters. The first-order chi connectivity index (χ1) is 9.15. The minimum Gasteiger partial charge on any atom is -0.296 e. The number of nitrogens with one attached hydrogen (secondary N) is 1. The maximum Gasteiger partial charge on any atom is 0.234 e. The lowest BCUT2D eigenvalue weighted by atomic mass is 9.88. The first-order valence-corrected chi connectivity index (χ1v) is 6.81. The zero-order valence-electron chi connectivity index (χ0n) is 10.0. The van der Waals surface area contributed by atoms with Gasteiger partial charge in [0, 0.05) is 28.7 Å². The van der Waals surface area contributed by atoms with E-state index in [2.05, 4.69) is 26.2 Å². The van der Waals surface area contributed by atoms with E-state index in [0.29, 0.717) is 12.8 Å². The van der Waals surface area contributed by atoms with E-state index in [1.165, 1.54) is 0 Å². The van der Waals surface area contributed by atoms with Gasteiger partial charge in [0.15, 0.2) is 0 Å². The minimum absolute atomic E-state index is 0.196. The summed E-state index contributed by atoms with van der Waals surface area (Å²) in [5.41, 5.74) is 0.919. The predicted molar refractivity (Wildman–Crippen MR) is 74.6 cm³/mol. The third-order valence-electron chi connectivity index (χ3n) is 3.37. The molecule has 0 aliphatic carbocycles. The highest BCUT2D eigenvalue weighted by atomic mass is 79.9. The van der Waals surface area contributed by atoms with Crippen LogP contribution >= 0.6 is 15.9 Å². The lowest BCUT2D eigenvalue weighted by Gasteiger charge is -2.22. The summed E-state index contributed by atoms with van der Waals surface area (Å²) in [7, 11) is 0. The fourth-order valence-corrected chi connectivity index (χ4v) is 2.96. The largest absolute Gasteiger partial charge is 0.296 e. The van der Waals surface area contributed by atoms with Crippen LogP contribution < -0.4 is 5.32 Å². The summed E-state index contributed by atoms with van der Waals surface area (Å²) in [5.74, 6) is -0.708. The first kappa shape index (κ1) is 12.3. The molecule has 3 rings (SSSR count). The van der Waals surface area contributed by atoms with Gasteiger partial charge in [-0.15, -0.1) is 0 Å². The van der Waals surface area contributed by atoms with Crippen molar-refractivity contribution in [3.05, 3.63) is 40.6 Å². The highest BCUT2D eigenvalue weighted by Gasteiger charge is 2.29. The molecule has 1 fully saturated rings. The van der Waals surface area contributed by atoms with Crippen LogP contribution in [0.3, 0.4) is 0 Å². The predicted octanol–water partition coefficient (Wildman–Crippen LogP) is 2.52. The highest BCUT2D eigenvalue weighted by molar-refractivity contribution is 9.10. The topological polar surface area (TPSA) is 59.1 Å². The van der Waals surface area contributed by atoms with Gasteiger partial charge >= 0.3 is 0 Å². The van der Waals surface area contributed by atoms with Gasteiger partial charge in [0.1, 0.15) is 0 Å². The Labute approximate surface area is 118 Å². The number of imide groups is 1. The van der Waals surface area contributed by atoms with Crippen LogP contribution in [-0.2, 0) is 9.59 Å². The Kier molecular flexibility index (Phi) is 3.06. The highest BCUT2D eigenvalue weighted by Crippen LogP contribution is 2.33. The molecule has 4 nitrogen and oxygen atoms in total. The van der Waals surface area contributed by atoms with Crippen LogP contribution in [0, 0.1) is 0 Å². The minimum atomic E-state index is -0.290. The number of amides is 2. The number of hydrogen-bond acceptors (Lipinski definition) is 3. The second kappa shape index (κ2) is 4.74. The number of pyridine rings is 1. The van der Waals surface area contributed by atoms with E-state index < -0.39 is 0 Å². The molecule has 1 saturated heterocycles. The Bertz CT molecular complexity index is 684. The Hall–Kier alpha value is -1.75. The summed E-state index contributed by atoms with van der Waals surface area (Å²) in [5, 5.41) is 4.39. The number of rotatable bonds is 1. The zero-order chi connectivity index (χ0) is 13.4. The summed E-state index contributed by atoms with van der Waals surface area (Å²) in [4.78, 5) is 27.3. The molecule has 0 radical (unpaired) electrons. The van der Waals surface area contributed by atoms with Gasteiger partial charge in [-0.25, -0.2) is 0 Å². The molecule has 0 saturated carbocycles. The van der Waals surface area contributed by atoms with E-state index in [9.17, 15) is 9.59 Å². The van der Waals surface area contributed by atoms with E-state index in [0.717, 1.165) is 20.8 Å². The Morgan fingerprint density at radius 1 is 1.32 bits per heavy atom. The fraction of sp³-hybridized carbons (Fsp3) is 0.214. The van der Waals surface area contributed by atoms with Crippen molar-refractivity contribution in [3.8, 4) is 0 Å². The van der Waals surface area contributed by atoms with E-state index in [1.54, 1.807) is 12.4 Å². The molecule has 19 heavy (non-hydrogen) atoms. The molecule has 96 valence electrons. The number of carbonyl (C=O) groups is 2. The van der Waals surface area contributed by atoms with Crippen molar-refractivity contribution >= 4 is 38.5 Å². The molecule has 0 bridgehead atoms. The van der Waals surface area contributed by atoms with Crippen LogP contribution in [0.15, 0.2) is 35.1 Å². The standard InChI is InChI=1S/C14H11BrN2O2/c15-9-5-8-3-4-16-7-12(8)11(6-9)10-1-2-13(18)17-14(10)19/h3-7,10H,1-2H2,(H,17,18,19). The molecule has 2 aromatic rings. The van der Waals surface area contributed by atoms with Gasteiger partial charge in [-0.05, 0) is 35.6 Å². The molecule has 1 aliphatic heterocycles. The van der Waals surface area contributed by atoms with E-state index in [4.69, 9.17) is 0 Å². The van der Waals surface area contributed by atoms with Crippen molar-refractivity contribution in [3.63, 3.8) is 0 Å². The average molecular weight is 319 g/mol. The summed E-state index contributed by atoms with van der Waals surface area (Å²) >= 11 is 3.46. The fourth-order valence-electron chi connectivity index (χ4n) is 2.47. The number of carbonyl (C=O) groups excluding carboxylic acids is 2.